The largest absolute Gasteiger partial charge is 0.418 e. The predicted molar refractivity (Wildman–Crippen MR) is 106 cm³/mol. The van der Waals surface area contributed by atoms with Crippen LogP contribution in [0.1, 0.15) is 19.4 Å². The molecule has 5 nitrogen and oxygen atoms in total. The summed E-state index contributed by atoms with van der Waals surface area (Å²) in [6.07, 6.45) is -3.02. The molecule has 1 aromatic heterocycles. The van der Waals surface area contributed by atoms with Crippen LogP contribution in [0, 0.1) is 5.92 Å². The number of carbonyl (C=O) groups is 1. The van der Waals surface area contributed by atoms with Crippen molar-refractivity contribution in [2.45, 2.75) is 30.4 Å². The fourth-order valence-electron chi connectivity index (χ4n) is 2.66. The van der Waals surface area contributed by atoms with Crippen molar-refractivity contribution < 1.29 is 18.0 Å². The van der Waals surface area contributed by atoms with Gasteiger partial charge in [0.15, 0.2) is 0 Å². The number of halogens is 3. The van der Waals surface area contributed by atoms with Crippen molar-refractivity contribution in [2.75, 3.05) is 5.32 Å². The molecule has 0 bridgehead atoms. The standard InChI is InChI=1S/C20H19F3N4OS/c1-13(2)17(18(28)25-16-11-7-6-10-15(16)20(21,22)23)29-19-24-12-27(26-19)14-8-4-3-5-9-14/h3-13,17H,1-2H3,(H,25,28). The number of para-hydroxylation sites is 2. The van der Waals surface area contributed by atoms with Crippen LogP contribution in [0.4, 0.5) is 18.9 Å². The van der Waals surface area contributed by atoms with E-state index in [0.29, 0.717) is 5.16 Å². The van der Waals surface area contributed by atoms with Gasteiger partial charge in [-0.2, -0.15) is 13.2 Å². The number of amides is 1. The number of alkyl halides is 3. The normalized spacial score (nSPS) is 12.8. The second-order valence-corrected chi connectivity index (χ2v) is 7.73. The lowest BCUT2D eigenvalue weighted by Crippen LogP contribution is -2.30. The third-order valence-corrected chi connectivity index (χ3v) is 5.49. The summed E-state index contributed by atoms with van der Waals surface area (Å²) in [6.45, 7) is 3.64. The zero-order chi connectivity index (χ0) is 21.0. The van der Waals surface area contributed by atoms with Gasteiger partial charge in [-0.3, -0.25) is 4.79 Å². The van der Waals surface area contributed by atoms with E-state index in [2.05, 4.69) is 15.4 Å². The van der Waals surface area contributed by atoms with E-state index in [1.165, 1.54) is 24.5 Å². The molecule has 0 radical (unpaired) electrons. The van der Waals surface area contributed by atoms with Gasteiger partial charge >= 0.3 is 6.18 Å². The monoisotopic (exact) mass is 420 g/mol. The molecular formula is C20H19F3N4OS. The molecule has 3 aromatic rings. The molecule has 1 amide bonds. The molecule has 9 heteroatoms. The topological polar surface area (TPSA) is 59.8 Å². The number of thioether (sulfide) groups is 1. The predicted octanol–water partition coefficient (Wildman–Crippen LogP) is 5.04. The summed E-state index contributed by atoms with van der Waals surface area (Å²) in [5, 5.41) is 6.48. The Bertz CT molecular complexity index is 973. The Balaban J connectivity index is 1.77. The molecule has 1 N–H and O–H groups in total. The molecule has 0 aliphatic heterocycles. The van der Waals surface area contributed by atoms with Gasteiger partial charge in [0.05, 0.1) is 22.2 Å². The molecule has 2 aromatic carbocycles. The van der Waals surface area contributed by atoms with Gasteiger partial charge in [0.2, 0.25) is 11.1 Å². The molecule has 0 spiro atoms. The molecule has 1 heterocycles. The Labute approximate surface area is 170 Å². The molecule has 0 aliphatic rings. The maximum absolute atomic E-state index is 13.2. The summed E-state index contributed by atoms with van der Waals surface area (Å²) in [7, 11) is 0. The highest BCUT2D eigenvalue weighted by molar-refractivity contribution is 8.00. The number of aromatic nitrogens is 3. The number of rotatable bonds is 6. The molecular weight excluding hydrogens is 401 g/mol. The van der Waals surface area contributed by atoms with E-state index in [9.17, 15) is 18.0 Å². The molecule has 29 heavy (non-hydrogen) atoms. The minimum Gasteiger partial charge on any atom is -0.325 e. The zero-order valence-electron chi connectivity index (χ0n) is 15.7. The molecule has 3 rings (SSSR count). The number of hydrogen-bond donors (Lipinski definition) is 1. The lowest BCUT2D eigenvalue weighted by molar-refractivity contribution is -0.137. The summed E-state index contributed by atoms with van der Waals surface area (Å²) < 4.78 is 41.1. The average Bonchev–Trinajstić information content (AvgIpc) is 3.15. The number of carbonyl (C=O) groups excluding carboxylic acids is 1. The average molecular weight is 420 g/mol. The van der Waals surface area contributed by atoms with Crippen molar-refractivity contribution in [3.8, 4) is 5.69 Å². The van der Waals surface area contributed by atoms with Crippen LogP contribution in [0.3, 0.4) is 0 Å². The van der Waals surface area contributed by atoms with Crippen molar-refractivity contribution in [1.29, 1.82) is 0 Å². The summed E-state index contributed by atoms with van der Waals surface area (Å²) >= 11 is 1.12. The van der Waals surface area contributed by atoms with Crippen molar-refractivity contribution >= 4 is 23.4 Å². The highest BCUT2D eigenvalue weighted by atomic mass is 32.2. The highest BCUT2D eigenvalue weighted by Gasteiger charge is 2.34. The number of hydrogen-bond acceptors (Lipinski definition) is 4. The minimum absolute atomic E-state index is 0.151. The first-order valence-corrected chi connectivity index (χ1v) is 9.74. The lowest BCUT2D eigenvalue weighted by atomic mass is 10.1. The van der Waals surface area contributed by atoms with Crippen molar-refractivity contribution in [1.82, 2.24) is 14.8 Å². The maximum Gasteiger partial charge on any atom is 0.418 e. The maximum atomic E-state index is 13.2. The van der Waals surface area contributed by atoms with Gasteiger partial charge in [0.25, 0.3) is 0 Å². The Hall–Kier alpha value is -2.81. The SMILES string of the molecule is CC(C)C(Sc1ncn(-c2ccccc2)n1)C(=O)Nc1ccccc1C(F)(F)F. The van der Waals surface area contributed by atoms with E-state index in [-0.39, 0.29) is 11.6 Å². The first kappa shape index (κ1) is 20.9. The van der Waals surface area contributed by atoms with E-state index < -0.39 is 22.9 Å². The van der Waals surface area contributed by atoms with Crippen molar-refractivity contribution in [3.63, 3.8) is 0 Å². The van der Waals surface area contributed by atoms with Crippen LogP contribution in [0.2, 0.25) is 0 Å². The molecule has 0 aliphatic carbocycles. The van der Waals surface area contributed by atoms with Crippen LogP contribution in [-0.4, -0.2) is 25.9 Å². The quantitative estimate of drug-likeness (QED) is 0.568. The molecule has 152 valence electrons. The van der Waals surface area contributed by atoms with Crippen molar-refractivity contribution in [2.24, 2.45) is 5.92 Å². The Morgan fingerprint density at radius 1 is 1.07 bits per heavy atom. The lowest BCUT2D eigenvalue weighted by Gasteiger charge is -2.20. The third kappa shape index (κ3) is 5.17. The Morgan fingerprint density at radius 3 is 2.38 bits per heavy atom. The van der Waals surface area contributed by atoms with Crippen LogP contribution in [-0.2, 0) is 11.0 Å². The molecule has 0 saturated heterocycles. The van der Waals surface area contributed by atoms with Crippen LogP contribution in [0.15, 0.2) is 66.1 Å². The summed E-state index contributed by atoms with van der Waals surface area (Å²) in [5.41, 5.74) is -0.331. The molecule has 1 unspecified atom stereocenters. The summed E-state index contributed by atoms with van der Waals surface area (Å²) in [4.78, 5) is 17.0. The fraction of sp³-hybridized carbons (Fsp3) is 0.250. The van der Waals surface area contributed by atoms with E-state index in [1.54, 1.807) is 4.68 Å². The smallest absolute Gasteiger partial charge is 0.325 e. The van der Waals surface area contributed by atoms with Gasteiger partial charge in [-0.25, -0.2) is 9.67 Å². The zero-order valence-corrected chi connectivity index (χ0v) is 16.5. The fourth-order valence-corrected chi connectivity index (χ4v) is 3.56. The van der Waals surface area contributed by atoms with Gasteiger partial charge in [-0.05, 0) is 30.2 Å². The summed E-state index contributed by atoms with van der Waals surface area (Å²) in [5.74, 6) is -0.681. The first-order chi connectivity index (χ1) is 13.8. The van der Waals surface area contributed by atoms with Gasteiger partial charge in [0, 0.05) is 0 Å². The highest BCUT2D eigenvalue weighted by Crippen LogP contribution is 2.35. The summed E-state index contributed by atoms with van der Waals surface area (Å²) in [6, 6.07) is 14.3. The molecule has 0 saturated carbocycles. The first-order valence-electron chi connectivity index (χ1n) is 8.86. The van der Waals surface area contributed by atoms with Gasteiger partial charge in [-0.1, -0.05) is 55.9 Å². The minimum atomic E-state index is -4.56. The Morgan fingerprint density at radius 2 is 1.72 bits per heavy atom. The number of benzene rings is 2. The third-order valence-electron chi connectivity index (χ3n) is 4.08. The second-order valence-electron chi connectivity index (χ2n) is 6.62. The van der Waals surface area contributed by atoms with E-state index in [1.807, 2.05) is 44.2 Å². The molecule has 1 atom stereocenters. The van der Waals surface area contributed by atoms with Gasteiger partial charge < -0.3 is 5.32 Å². The van der Waals surface area contributed by atoms with Crippen LogP contribution < -0.4 is 5.32 Å². The number of nitrogens with zero attached hydrogens (tertiary/aromatic N) is 3. The van der Waals surface area contributed by atoms with E-state index in [4.69, 9.17) is 0 Å². The van der Waals surface area contributed by atoms with E-state index >= 15 is 0 Å². The van der Waals surface area contributed by atoms with Crippen LogP contribution >= 0.6 is 11.8 Å². The van der Waals surface area contributed by atoms with Crippen LogP contribution in [0.5, 0.6) is 0 Å². The second kappa shape index (κ2) is 8.69. The van der Waals surface area contributed by atoms with E-state index in [0.717, 1.165) is 23.5 Å². The number of anilines is 1. The number of nitrogens with one attached hydrogen (secondary N) is 1. The van der Waals surface area contributed by atoms with Gasteiger partial charge in [0.1, 0.15) is 6.33 Å². The van der Waals surface area contributed by atoms with Crippen molar-refractivity contribution in [3.05, 3.63) is 66.5 Å². The molecule has 0 fully saturated rings. The Kier molecular flexibility index (Phi) is 6.26. The van der Waals surface area contributed by atoms with Gasteiger partial charge in [-0.15, -0.1) is 5.10 Å². The van der Waals surface area contributed by atoms with Crippen LogP contribution in [0.25, 0.3) is 5.69 Å².